The van der Waals surface area contributed by atoms with Gasteiger partial charge in [-0.25, -0.2) is 9.37 Å². The summed E-state index contributed by atoms with van der Waals surface area (Å²) >= 11 is 0. The second-order valence-electron chi connectivity index (χ2n) is 5.34. The third-order valence-corrected chi connectivity index (χ3v) is 3.81. The number of halogens is 1. The first-order chi connectivity index (χ1) is 11.7. The van der Waals surface area contributed by atoms with Gasteiger partial charge in [0.2, 0.25) is 0 Å². The Labute approximate surface area is 136 Å². The molecule has 0 saturated carbocycles. The Balaban J connectivity index is 1.98. The summed E-state index contributed by atoms with van der Waals surface area (Å²) in [5, 5.41) is 2.22. The molecule has 0 amide bonds. The Kier molecular flexibility index (Phi) is 3.33. The van der Waals surface area contributed by atoms with Gasteiger partial charge in [-0.05, 0) is 41.8 Å². The molecule has 3 nitrogen and oxygen atoms in total. The van der Waals surface area contributed by atoms with Crippen LogP contribution in [0.1, 0.15) is 11.1 Å². The molecule has 0 spiro atoms. The van der Waals surface area contributed by atoms with Gasteiger partial charge < -0.3 is 4.98 Å². The fourth-order valence-electron chi connectivity index (χ4n) is 2.68. The minimum atomic E-state index is -0.293. The Morgan fingerprint density at radius 2 is 1.67 bits per heavy atom. The average molecular weight is 314 g/mol. The van der Waals surface area contributed by atoms with E-state index in [9.17, 15) is 9.18 Å². The molecule has 24 heavy (non-hydrogen) atoms. The summed E-state index contributed by atoms with van der Waals surface area (Å²) in [6.07, 6.45) is 1.61. The molecule has 2 heterocycles. The van der Waals surface area contributed by atoms with Crippen molar-refractivity contribution in [3.8, 4) is 11.8 Å². The van der Waals surface area contributed by atoms with Crippen LogP contribution >= 0.6 is 0 Å². The maximum Gasteiger partial charge on any atom is 0.257 e. The quantitative estimate of drug-likeness (QED) is 0.398. The highest BCUT2D eigenvalue weighted by Gasteiger charge is 2.08. The molecule has 0 atom stereocenters. The van der Waals surface area contributed by atoms with E-state index in [0.717, 1.165) is 21.9 Å². The van der Waals surface area contributed by atoms with Crippen LogP contribution in [-0.2, 0) is 0 Å². The summed E-state index contributed by atoms with van der Waals surface area (Å²) < 4.78 is 13.0. The topological polar surface area (TPSA) is 45.8 Å². The predicted molar refractivity (Wildman–Crippen MR) is 92.2 cm³/mol. The summed E-state index contributed by atoms with van der Waals surface area (Å²) in [4.78, 5) is 19.2. The maximum atomic E-state index is 13.0. The first-order valence-electron chi connectivity index (χ1n) is 7.40. The number of benzene rings is 2. The van der Waals surface area contributed by atoms with Crippen molar-refractivity contribution >= 4 is 21.8 Å². The number of nitrogens with one attached hydrogen (secondary N) is 1. The highest BCUT2D eigenvalue weighted by molar-refractivity contribution is 6.06. The van der Waals surface area contributed by atoms with Crippen LogP contribution in [0.4, 0.5) is 4.39 Å². The molecule has 0 aliphatic carbocycles. The van der Waals surface area contributed by atoms with Crippen molar-refractivity contribution in [3.63, 3.8) is 0 Å². The average Bonchev–Trinajstić information content (AvgIpc) is 2.61. The Bertz CT molecular complexity index is 1180. The molecular formula is C20H11FN2O. The molecule has 0 aliphatic heterocycles. The maximum absolute atomic E-state index is 13.0. The first-order valence-corrected chi connectivity index (χ1v) is 7.40. The lowest BCUT2D eigenvalue weighted by Crippen LogP contribution is -2.07. The van der Waals surface area contributed by atoms with Gasteiger partial charge in [0.05, 0.1) is 0 Å². The van der Waals surface area contributed by atoms with Crippen LogP contribution in [-0.4, -0.2) is 9.97 Å². The van der Waals surface area contributed by atoms with Gasteiger partial charge in [0, 0.05) is 28.1 Å². The standard InChI is InChI=1S/C20H11FN2O/c21-15-9-6-13(7-10-15)5-8-14-11-12-22-19-18(14)16-3-1-2-4-17(16)20(24)23-19/h1-4,6-7,9-12H,(H,22,23,24). The van der Waals surface area contributed by atoms with Gasteiger partial charge in [-0.1, -0.05) is 30.0 Å². The smallest absolute Gasteiger partial charge is 0.257 e. The normalized spacial score (nSPS) is 10.5. The van der Waals surface area contributed by atoms with Crippen molar-refractivity contribution in [1.82, 2.24) is 9.97 Å². The van der Waals surface area contributed by atoms with Crippen molar-refractivity contribution in [2.75, 3.05) is 0 Å². The number of nitrogens with zero attached hydrogens (tertiary/aromatic N) is 1. The van der Waals surface area contributed by atoms with E-state index >= 15 is 0 Å². The van der Waals surface area contributed by atoms with Crippen LogP contribution in [0.25, 0.3) is 21.8 Å². The molecule has 0 bridgehead atoms. The van der Waals surface area contributed by atoms with E-state index in [-0.39, 0.29) is 11.4 Å². The van der Waals surface area contributed by atoms with Crippen molar-refractivity contribution in [2.24, 2.45) is 0 Å². The molecule has 0 unspecified atom stereocenters. The predicted octanol–water partition coefficient (Wildman–Crippen LogP) is 3.62. The van der Waals surface area contributed by atoms with Crippen molar-refractivity contribution in [2.45, 2.75) is 0 Å². The second-order valence-corrected chi connectivity index (χ2v) is 5.34. The van der Waals surface area contributed by atoms with Gasteiger partial charge in [0.1, 0.15) is 11.5 Å². The fourth-order valence-corrected chi connectivity index (χ4v) is 2.68. The molecule has 4 rings (SSSR count). The molecule has 114 valence electrons. The SMILES string of the molecule is O=c1[nH]c2nccc(C#Cc3ccc(F)cc3)c2c2ccccc12. The van der Waals surface area contributed by atoms with Crippen LogP contribution in [0.5, 0.6) is 0 Å². The Morgan fingerprint density at radius 1 is 0.917 bits per heavy atom. The van der Waals surface area contributed by atoms with Gasteiger partial charge in [-0.3, -0.25) is 4.79 Å². The molecule has 2 aromatic carbocycles. The van der Waals surface area contributed by atoms with Crippen LogP contribution in [0.3, 0.4) is 0 Å². The zero-order valence-corrected chi connectivity index (χ0v) is 12.5. The zero-order valence-electron chi connectivity index (χ0n) is 12.5. The Hall–Kier alpha value is -3.45. The molecule has 0 saturated heterocycles. The van der Waals surface area contributed by atoms with Crippen molar-refractivity contribution in [3.05, 3.63) is 88.1 Å². The molecule has 1 N–H and O–H groups in total. The van der Waals surface area contributed by atoms with Crippen LogP contribution < -0.4 is 5.56 Å². The highest BCUT2D eigenvalue weighted by Crippen LogP contribution is 2.22. The van der Waals surface area contributed by atoms with Crippen LogP contribution in [0.15, 0.2) is 65.6 Å². The zero-order chi connectivity index (χ0) is 16.5. The van der Waals surface area contributed by atoms with Gasteiger partial charge in [-0.15, -0.1) is 0 Å². The van der Waals surface area contributed by atoms with Crippen molar-refractivity contribution < 1.29 is 4.39 Å². The van der Waals surface area contributed by atoms with E-state index < -0.39 is 0 Å². The van der Waals surface area contributed by atoms with E-state index in [2.05, 4.69) is 21.8 Å². The number of H-pyrrole nitrogens is 1. The highest BCUT2D eigenvalue weighted by atomic mass is 19.1. The van der Waals surface area contributed by atoms with Gasteiger partial charge in [0.15, 0.2) is 0 Å². The minimum absolute atomic E-state index is 0.172. The van der Waals surface area contributed by atoms with Crippen LogP contribution in [0.2, 0.25) is 0 Å². The number of fused-ring (bicyclic) bond motifs is 3. The minimum Gasteiger partial charge on any atom is -0.306 e. The number of hydrogen-bond donors (Lipinski definition) is 1. The Morgan fingerprint density at radius 3 is 2.46 bits per heavy atom. The van der Waals surface area contributed by atoms with E-state index in [4.69, 9.17) is 0 Å². The van der Waals surface area contributed by atoms with Crippen LogP contribution in [0, 0.1) is 17.7 Å². The summed E-state index contributed by atoms with van der Waals surface area (Å²) in [5.74, 6) is 5.83. The number of hydrogen-bond acceptors (Lipinski definition) is 2. The van der Waals surface area contributed by atoms with E-state index in [1.807, 2.05) is 24.3 Å². The molecule has 0 aliphatic rings. The van der Waals surface area contributed by atoms with E-state index in [0.29, 0.717) is 11.0 Å². The molecule has 4 heteroatoms. The second kappa shape index (κ2) is 5.64. The van der Waals surface area contributed by atoms with Crippen molar-refractivity contribution in [1.29, 1.82) is 0 Å². The lowest BCUT2D eigenvalue weighted by Gasteiger charge is -2.04. The molecule has 0 fully saturated rings. The summed E-state index contributed by atoms with van der Waals surface area (Å²) in [6.45, 7) is 0. The van der Waals surface area contributed by atoms with E-state index in [1.54, 1.807) is 24.4 Å². The number of aromatic nitrogens is 2. The lowest BCUT2D eigenvalue weighted by atomic mass is 10.0. The number of pyridine rings is 2. The third kappa shape index (κ3) is 2.42. The summed E-state index contributed by atoms with van der Waals surface area (Å²) in [5.41, 5.74) is 1.81. The third-order valence-electron chi connectivity index (χ3n) is 3.81. The monoisotopic (exact) mass is 314 g/mol. The molecule has 0 radical (unpaired) electrons. The summed E-state index contributed by atoms with van der Waals surface area (Å²) in [7, 11) is 0. The summed E-state index contributed by atoms with van der Waals surface area (Å²) in [6, 6.07) is 15.2. The first kappa shape index (κ1) is 14.2. The lowest BCUT2D eigenvalue weighted by molar-refractivity contribution is 0.627. The number of rotatable bonds is 0. The number of aromatic amines is 1. The largest absolute Gasteiger partial charge is 0.306 e. The molecule has 4 aromatic rings. The molecular weight excluding hydrogens is 303 g/mol. The van der Waals surface area contributed by atoms with Gasteiger partial charge >= 0.3 is 0 Å². The van der Waals surface area contributed by atoms with Gasteiger partial charge in [-0.2, -0.15) is 0 Å². The van der Waals surface area contributed by atoms with E-state index in [1.165, 1.54) is 12.1 Å². The molecule has 2 aromatic heterocycles. The fraction of sp³-hybridized carbons (Fsp3) is 0. The van der Waals surface area contributed by atoms with Gasteiger partial charge in [0.25, 0.3) is 5.56 Å².